The molecule has 3 aromatic carbocycles. The summed E-state index contributed by atoms with van der Waals surface area (Å²) in [5, 5.41) is 4.59. The van der Waals surface area contributed by atoms with Crippen LogP contribution in [0.4, 0.5) is 20.6 Å². The molecular formula is C28H23BrFN3O6S. The third-order valence-corrected chi connectivity index (χ3v) is 7.14. The maximum atomic E-state index is 13.4. The maximum absolute atomic E-state index is 13.4. The van der Waals surface area contributed by atoms with Gasteiger partial charge in [-0.3, -0.25) is 24.1 Å². The molecule has 206 valence electrons. The van der Waals surface area contributed by atoms with E-state index in [0.717, 1.165) is 16.5 Å². The summed E-state index contributed by atoms with van der Waals surface area (Å²) in [5.41, 5.74) is 2.42. The van der Waals surface area contributed by atoms with Crippen LogP contribution in [0.25, 0.3) is 6.08 Å². The Morgan fingerprint density at radius 1 is 1.00 bits per heavy atom. The van der Waals surface area contributed by atoms with E-state index < -0.39 is 29.4 Å². The van der Waals surface area contributed by atoms with Crippen LogP contribution in [0.5, 0.6) is 11.5 Å². The molecule has 1 heterocycles. The SMILES string of the molecule is COc1cc(/C=C2/SC(=O)N(CC(=O)Nc3cccc(F)c3)C2=O)c(Br)cc1OCC(=O)Nc1ccc(C)cc1. The van der Waals surface area contributed by atoms with Crippen LogP contribution in [0.3, 0.4) is 0 Å². The predicted molar refractivity (Wildman–Crippen MR) is 154 cm³/mol. The van der Waals surface area contributed by atoms with Crippen molar-refractivity contribution in [1.82, 2.24) is 4.90 Å². The Kier molecular flexibility index (Phi) is 9.22. The zero-order valence-corrected chi connectivity index (χ0v) is 23.7. The first-order valence-electron chi connectivity index (χ1n) is 11.8. The number of ether oxygens (including phenoxy) is 2. The van der Waals surface area contributed by atoms with E-state index in [9.17, 15) is 23.6 Å². The number of imide groups is 1. The zero-order chi connectivity index (χ0) is 28.8. The van der Waals surface area contributed by atoms with Gasteiger partial charge in [0.2, 0.25) is 5.91 Å². The summed E-state index contributed by atoms with van der Waals surface area (Å²) >= 11 is 4.11. The van der Waals surface area contributed by atoms with Crippen molar-refractivity contribution in [3.05, 3.63) is 87.0 Å². The Balaban J connectivity index is 1.42. The standard InChI is InChI=1S/C28H23BrFN3O6S/c1-16-6-8-19(9-7-16)31-26(35)15-39-23-13-21(29)17(10-22(23)38-2)11-24-27(36)33(28(37)40-24)14-25(34)32-20-5-3-4-18(30)12-20/h3-13H,14-15H2,1-2H3,(H,31,35)(H,32,34)/b24-11+. The van der Waals surface area contributed by atoms with Crippen molar-refractivity contribution < 1.29 is 33.0 Å². The molecule has 1 aliphatic heterocycles. The number of anilines is 2. The molecular weight excluding hydrogens is 605 g/mol. The first-order valence-corrected chi connectivity index (χ1v) is 13.4. The van der Waals surface area contributed by atoms with Crippen molar-refractivity contribution in [1.29, 1.82) is 0 Å². The molecule has 0 aromatic heterocycles. The van der Waals surface area contributed by atoms with Crippen LogP contribution >= 0.6 is 27.7 Å². The quantitative estimate of drug-likeness (QED) is 0.297. The van der Waals surface area contributed by atoms with Gasteiger partial charge in [0.25, 0.3) is 17.1 Å². The monoisotopic (exact) mass is 627 g/mol. The number of benzene rings is 3. The highest BCUT2D eigenvalue weighted by Crippen LogP contribution is 2.38. The first-order chi connectivity index (χ1) is 19.1. The average molecular weight is 628 g/mol. The van der Waals surface area contributed by atoms with Crippen LogP contribution < -0.4 is 20.1 Å². The number of hydrogen-bond acceptors (Lipinski definition) is 7. The lowest BCUT2D eigenvalue weighted by molar-refractivity contribution is -0.127. The fourth-order valence-electron chi connectivity index (χ4n) is 3.60. The average Bonchev–Trinajstić information content (AvgIpc) is 3.17. The number of thioether (sulfide) groups is 1. The number of carbonyl (C=O) groups is 4. The number of amides is 4. The number of halogens is 2. The van der Waals surface area contributed by atoms with Crippen molar-refractivity contribution in [3.8, 4) is 11.5 Å². The van der Waals surface area contributed by atoms with E-state index in [0.29, 0.717) is 33.2 Å². The van der Waals surface area contributed by atoms with Gasteiger partial charge in [-0.1, -0.05) is 39.7 Å². The highest BCUT2D eigenvalue weighted by molar-refractivity contribution is 9.10. The van der Waals surface area contributed by atoms with Gasteiger partial charge in [0.1, 0.15) is 12.4 Å². The number of aryl methyl sites for hydroxylation is 1. The molecule has 0 saturated carbocycles. The summed E-state index contributed by atoms with van der Waals surface area (Å²) in [5.74, 6) is -1.61. The molecule has 0 atom stereocenters. The van der Waals surface area contributed by atoms with Gasteiger partial charge in [-0.2, -0.15) is 0 Å². The summed E-state index contributed by atoms with van der Waals surface area (Å²) in [6.07, 6.45) is 1.48. The van der Waals surface area contributed by atoms with Crippen LogP contribution in [0.15, 0.2) is 70.0 Å². The fraction of sp³-hybridized carbons (Fsp3) is 0.143. The summed E-state index contributed by atoms with van der Waals surface area (Å²) in [4.78, 5) is 51.0. The van der Waals surface area contributed by atoms with E-state index in [1.54, 1.807) is 24.3 Å². The summed E-state index contributed by atoms with van der Waals surface area (Å²) < 4.78 is 24.9. The number of rotatable bonds is 9. The lowest BCUT2D eigenvalue weighted by atomic mass is 10.2. The summed E-state index contributed by atoms with van der Waals surface area (Å²) in [6, 6.07) is 15.8. The molecule has 0 bridgehead atoms. The van der Waals surface area contributed by atoms with Gasteiger partial charge in [0.05, 0.1) is 12.0 Å². The topological polar surface area (TPSA) is 114 Å². The summed E-state index contributed by atoms with van der Waals surface area (Å²) in [6.45, 7) is 1.15. The molecule has 0 radical (unpaired) electrons. The molecule has 0 unspecified atom stereocenters. The first kappa shape index (κ1) is 28.8. The minimum Gasteiger partial charge on any atom is -0.493 e. The molecule has 9 nitrogen and oxygen atoms in total. The van der Waals surface area contributed by atoms with Crippen LogP contribution in [0.1, 0.15) is 11.1 Å². The minimum atomic E-state index is -0.650. The van der Waals surface area contributed by atoms with Crippen molar-refractivity contribution in [2.75, 3.05) is 30.9 Å². The molecule has 4 amide bonds. The summed E-state index contributed by atoms with van der Waals surface area (Å²) in [7, 11) is 1.43. The molecule has 1 aliphatic rings. The third kappa shape index (κ3) is 7.27. The van der Waals surface area contributed by atoms with E-state index in [1.165, 1.54) is 31.4 Å². The Morgan fingerprint density at radius 3 is 2.42 bits per heavy atom. The lowest BCUT2D eigenvalue weighted by Gasteiger charge is -2.13. The Morgan fingerprint density at radius 2 is 1.73 bits per heavy atom. The van der Waals surface area contributed by atoms with E-state index in [2.05, 4.69) is 26.6 Å². The lowest BCUT2D eigenvalue weighted by Crippen LogP contribution is -2.36. The van der Waals surface area contributed by atoms with Gasteiger partial charge in [-0.05, 0) is 72.8 Å². The van der Waals surface area contributed by atoms with Crippen molar-refractivity contribution in [2.45, 2.75) is 6.92 Å². The Labute approximate surface area is 241 Å². The van der Waals surface area contributed by atoms with E-state index in [1.807, 2.05) is 19.1 Å². The van der Waals surface area contributed by atoms with Gasteiger partial charge in [0.15, 0.2) is 18.1 Å². The molecule has 0 spiro atoms. The van der Waals surface area contributed by atoms with Crippen molar-refractivity contribution in [3.63, 3.8) is 0 Å². The van der Waals surface area contributed by atoms with Crippen molar-refractivity contribution >= 4 is 68.1 Å². The fourth-order valence-corrected chi connectivity index (χ4v) is 4.86. The molecule has 12 heteroatoms. The predicted octanol–water partition coefficient (Wildman–Crippen LogP) is 5.60. The number of carbonyl (C=O) groups excluding carboxylic acids is 4. The van der Waals surface area contributed by atoms with Crippen LogP contribution in [-0.4, -0.2) is 48.1 Å². The highest BCUT2D eigenvalue weighted by atomic mass is 79.9. The smallest absolute Gasteiger partial charge is 0.294 e. The number of hydrogen-bond donors (Lipinski definition) is 2. The number of methoxy groups -OCH3 is 1. The molecule has 40 heavy (non-hydrogen) atoms. The van der Waals surface area contributed by atoms with Gasteiger partial charge in [0, 0.05) is 15.8 Å². The number of nitrogens with zero attached hydrogens (tertiary/aromatic N) is 1. The Bertz CT molecular complexity index is 1510. The van der Waals surface area contributed by atoms with Crippen LogP contribution in [0, 0.1) is 12.7 Å². The van der Waals surface area contributed by atoms with Gasteiger partial charge in [-0.15, -0.1) is 0 Å². The second-order valence-electron chi connectivity index (χ2n) is 8.55. The largest absolute Gasteiger partial charge is 0.493 e. The van der Waals surface area contributed by atoms with Crippen molar-refractivity contribution in [2.24, 2.45) is 0 Å². The molecule has 0 aliphatic carbocycles. The number of nitrogens with one attached hydrogen (secondary N) is 2. The normalized spacial score (nSPS) is 13.9. The van der Waals surface area contributed by atoms with E-state index >= 15 is 0 Å². The highest BCUT2D eigenvalue weighted by Gasteiger charge is 2.36. The van der Waals surface area contributed by atoms with Gasteiger partial charge < -0.3 is 20.1 Å². The second-order valence-corrected chi connectivity index (χ2v) is 10.4. The van der Waals surface area contributed by atoms with Crippen LogP contribution in [0.2, 0.25) is 0 Å². The van der Waals surface area contributed by atoms with E-state index in [-0.39, 0.29) is 28.9 Å². The Hall–Kier alpha value is -4.16. The molecule has 2 N–H and O–H groups in total. The second kappa shape index (κ2) is 12.8. The molecule has 1 fully saturated rings. The maximum Gasteiger partial charge on any atom is 0.294 e. The van der Waals surface area contributed by atoms with Gasteiger partial charge >= 0.3 is 0 Å². The molecule has 3 aromatic rings. The third-order valence-electron chi connectivity index (χ3n) is 5.55. The van der Waals surface area contributed by atoms with E-state index in [4.69, 9.17) is 9.47 Å². The molecule has 4 rings (SSSR count). The van der Waals surface area contributed by atoms with Crippen LogP contribution in [-0.2, 0) is 14.4 Å². The molecule has 1 saturated heterocycles. The van der Waals surface area contributed by atoms with Gasteiger partial charge in [-0.25, -0.2) is 4.39 Å². The zero-order valence-electron chi connectivity index (χ0n) is 21.3. The minimum absolute atomic E-state index is 0.0949.